The van der Waals surface area contributed by atoms with Crippen molar-refractivity contribution < 1.29 is 19.4 Å². The van der Waals surface area contributed by atoms with Gasteiger partial charge in [-0.2, -0.15) is 0 Å². The molecule has 1 aromatic carbocycles. The van der Waals surface area contributed by atoms with Gasteiger partial charge in [-0.15, -0.1) is 0 Å². The number of rotatable bonds is 9. The van der Waals surface area contributed by atoms with E-state index in [1.54, 1.807) is 24.3 Å². The number of benzene rings is 1. The molecule has 0 spiro atoms. The van der Waals surface area contributed by atoms with Crippen molar-refractivity contribution in [3.8, 4) is 5.75 Å². The Kier molecular flexibility index (Phi) is 7.29. The van der Waals surface area contributed by atoms with Crippen LogP contribution in [0.1, 0.15) is 49.9 Å². The normalized spacial score (nSPS) is 11.7. The first-order chi connectivity index (χ1) is 10.1. The summed E-state index contributed by atoms with van der Waals surface area (Å²) in [5.41, 5.74) is 0.431. The predicted molar refractivity (Wildman–Crippen MR) is 80.6 cm³/mol. The van der Waals surface area contributed by atoms with Crippen LogP contribution in [0.25, 0.3) is 0 Å². The van der Waals surface area contributed by atoms with Gasteiger partial charge < -0.3 is 15.2 Å². The molecular formula is C16H23NO4. The molecule has 0 saturated carbocycles. The molecular weight excluding hydrogens is 270 g/mol. The second-order valence-electron chi connectivity index (χ2n) is 4.88. The maximum Gasteiger partial charge on any atom is 0.326 e. The van der Waals surface area contributed by atoms with Crippen molar-refractivity contribution in [2.75, 3.05) is 6.61 Å². The number of ether oxygens (including phenoxy) is 1. The van der Waals surface area contributed by atoms with E-state index in [1.165, 1.54) is 0 Å². The largest absolute Gasteiger partial charge is 0.494 e. The summed E-state index contributed by atoms with van der Waals surface area (Å²) in [7, 11) is 0. The highest BCUT2D eigenvalue weighted by Gasteiger charge is 2.19. The molecule has 5 nitrogen and oxygen atoms in total. The van der Waals surface area contributed by atoms with Crippen LogP contribution in [0.4, 0.5) is 0 Å². The summed E-state index contributed by atoms with van der Waals surface area (Å²) in [6.45, 7) is 4.62. The van der Waals surface area contributed by atoms with Crippen molar-refractivity contribution in [2.45, 2.75) is 45.6 Å². The summed E-state index contributed by atoms with van der Waals surface area (Å²) in [5, 5.41) is 11.6. The highest BCUT2D eigenvalue weighted by atomic mass is 16.5. The molecule has 0 unspecified atom stereocenters. The molecule has 0 aliphatic rings. The van der Waals surface area contributed by atoms with Crippen molar-refractivity contribution in [1.82, 2.24) is 5.32 Å². The van der Waals surface area contributed by atoms with Crippen LogP contribution in [0, 0.1) is 0 Å². The van der Waals surface area contributed by atoms with E-state index in [1.807, 2.05) is 6.92 Å². The SMILES string of the molecule is CCCCOc1ccc(C(=O)N[C@@H](CCC)C(=O)O)cc1. The zero-order valence-electron chi connectivity index (χ0n) is 12.6. The molecule has 1 rings (SSSR count). The van der Waals surface area contributed by atoms with Gasteiger partial charge >= 0.3 is 5.97 Å². The average molecular weight is 293 g/mol. The molecule has 1 atom stereocenters. The Hall–Kier alpha value is -2.04. The zero-order valence-corrected chi connectivity index (χ0v) is 12.6. The van der Waals surface area contributed by atoms with Crippen LogP contribution in [0.15, 0.2) is 24.3 Å². The lowest BCUT2D eigenvalue weighted by Gasteiger charge is -2.13. The summed E-state index contributed by atoms with van der Waals surface area (Å²) in [4.78, 5) is 23.0. The van der Waals surface area contributed by atoms with E-state index in [0.29, 0.717) is 30.8 Å². The van der Waals surface area contributed by atoms with Gasteiger partial charge in [0.1, 0.15) is 11.8 Å². The van der Waals surface area contributed by atoms with E-state index >= 15 is 0 Å². The van der Waals surface area contributed by atoms with Gasteiger partial charge in [0, 0.05) is 5.56 Å². The standard InChI is InChI=1S/C16H23NO4/c1-3-5-11-21-13-9-7-12(8-10-13)15(18)17-14(6-4-2)16(19)20/h7-10,14H,3-6,11H2,1-2H3,(H,17,18)(H,19,20)/t14-/m0/s1. The molecule has 0 aromatic heterocycles. The molecule has 0 radical (unpaired) electrons. The molecule has 1 amide bonds. The van der Waals surface area contributed by atoms with E-state index in [4.69, 9.17) is 9.84 Å². The quantitative estimate of drug-likeness (QED) is 0.686. The minimum atomic E-state index is -1.01. The minimum absolute atomic E-state index is 0.379. The summed E-state index contributed by atoms with van der Waals surface area (Å²) < 4.78 is 5.51. The van der Waals surface area contributed by atoms with Crippen molar-refractivity contribution in [1.29, 1.82) is 0 Å². The number of carboxylic acid groups (broad SMARTS) is 1. The Morgan fingerprint density at radius 1 is 1.19 bits per heavy atom. The first-order valence-corrected chi connectivity index (χ1v) is 7.35. The Bertz CT molecular complexity index is 456. The van der Waals surface area contributed by atoms with Gasteiger partial charge in [-0.3, -0.25) is 4.79 Å². The molecule has 0 heterocycles. The topological polar surface area (TPSA) is 75.6 Å². The van der Waals surface area contributed by atoms with Crippen molar-refractivity contribution in [3.63, 3.8) is 0 Å². The third-order valence-corrected chi connectivity index (χ3v) is 3.06. The van der Waals surface area contributed by atoms with Gasteiger partial charge in [0.15, 0.2) is 0 Å². The van der Waals surface area contributed by atoms with Crippen LogP contribution >= 0.6 is 0 Å². The van der Waals surface area contributed by atoms with Crippen LogP contribution < -0.4 is 10.1 Å². The third-order valence-electron chi connectivity index (χ3n) is 3.06. The Morgan fingerprint density at radius 3 is 2.38 bits per heavy atom. The van der Waals surface area contributed by atoms with Crippen LogP contribution in [-0.4, -0.2) is 29.6 Å². The first-order valence-electron chi connectivity index (χ1n) is 7.35. The van der Waals surface area contributed by atoms with Gasteiger partial charge in [0.2, 0.25) is 0 Å². The maximum atomic E-state index is 12.0. The number of carbonyl (C=O) groups is 2. The average Bonchev–Trinajstić information content (AvgIpc) is 2.47. The van der Waals surface area contributed by atoms with Crippen molar-refractivity contribution in [2.24, 2.45) is 0 Å². The van der Waals surface area contributed by atoms with Crippen LogP contribution in [0.3, 0.4) is 0 Å². The molecule has 2 N–H and O–H groups in total. The molecule has 0 aliphatic heterocycles. The molecule has 21 heavy (non-hydrogen) atoms. The highest BCUT2D eigenvalue weighted by Crippen LogP contribution is 2.13. The Labute approximate surface area is 125 Å². The first kappa shape index (κ1) is 17.0. The molecule has 0 saturated heterocycles. The van der Waals surface area contributed by atoms with Crippen LogP contribution in [-0.2, 0) is 4.79 Å². The van der Waals surface area contributed by atoms with E-state index in [9.17, 15) is 9.59 Å². The lowest BCUT2D eigenvalue weighted by molar-refractivity contribution is -0.139. The van der Waals surface area contributed by atoms with Gasteiger partial charge in [-0.25, -0.2) is 4.79 Å². The second-order valence-corrected chi connectivity index (χ2v) is 4.88. The Balaban J connectivity index is 2.59. The lowest BCUT2D eigenvalue weighted by atomic mass is 10.1. The van der Waals surface area contributed by atoms with Gasteiger partial charge in [0.05, 0.1) is 6.61 Å². The summed E-state index contributed by atoms with van der Waals surface area (Å²) in [6.07, 6.45) is 3.16. The van der Waals surface area contributed by atoms with E-state index in [-0.39, 0.29) is 5.91 Å². The molecule has 0 aliphatic carbocycles. The fourth-order valence-corrected chi connectivity index (χ4v) is 1.82. The van der Waals surface area contributed by atoms with Gasteiger partial charge in [-0.1, -0.05) is 26.7 Å². The fraction of sp³-hybridized carbons (Fsp3) is 0.500. The lowest BCUT2D eigenvalue weighted by Crippen LogP contribution is -2.40. The number of unbranched alkanes of at least 4 members (excludes halogenated alkanes) is 1. The molecule has 1 aromatic rings. The van der Waals surface area contributed by atoms with Crippen LogP contribution in [0.5, 0.6) is 5.75 Å². The van der Waals surface area contributed by atoms with Crippen molar-refractivity contribution >= 4 is 11.9 Å². The predicted octanol–water partition coefficient (Wildman–Crippen LogP) is 2.85. The van der Waals surface area contributed by atoms with Crippen LogP contribution in [0.2, 0.25) is 0 Å². The number of carbonyl (C=O) groups excluding carboxylic acids is 1. The van der Waals surface area contributed by atoms with E-state index in [2.05, 4.69) is 12.2 Å². The van der Waals surface area contributed by atoms with Gasteiger partial charge in [-0.05, 0) is 37.1 Å². The monoisotopic (exact) mass is 293 g/mol. The number of nitrogens with one attached hydrogen (secondary N) is 1. The smallest absolute Gasteiger partial charge is 0.326 e. The summed E-state index contributed by atoms with van der Waals surface area (Å²) in [5.74, 6) is -0.677. The highest BCUT2D eigenvalue weighted by molar-refractivity contribution is 5.96. The Morgan fingerprint density at radius 2 is 1.86 bits per heavy atom. The fourth-order valence-electron chi connectivity index (χ4n) is 1.82. The number of hydrogen-bond donors (Lipinski definition) is 2. The minimum Gasteiger partial charge on any atom is -0.494 e. The molecule has 0 bridgehead atoms. The maximum absolute atomic E-state index is 12.0. The third kappa shape index (κ3) is 5.85. The number of carboxylic acids is 1. The summed E-state index contributed by atoms with van der Waals surface area (Å²) in [6, 6.07) is 5.88. The molecule has 5 heteroatoms. The van der Waals surface area contributed by atoms with E-state index in [0.717, 1.165) is 12.8 Å². The van der Waals surface area contributed by atoms with Crippen molar-refractivity contribution in [3.05, 3.63) is 29.8 Å². The zero-order chi connectivity index (χ0) is 15.7. The second kappa shape index (κ2) is 9.00. The summed E-state index contributed by atoms with van der Waals surface area (Å²) >= 11 is 0. The number of aliphatic carboxylic acids is 1. The van der Waals surface area contributed by atoms with Gasteiger partial charge in [0.25, 0.3) is 5.91 Å². The van der Waals surface area contributed by atoms with E-state index < -0.39 is 12.0 Å². The molecule has 116 valence electrons. The molecule has 0 fully saturated rings. The number of hydrogen-bond acceptors (Lipinski definition) is 3. The number of amides is 1.